The van der Waals surface area contributed by atoms with Gasteiger partial charge in [0.2, 0.25) is 0 Å². The Kier molecular flexibility index (Phi) is 4.62. The van der Waals surface area contributed by atoms with Crippen molar-refractivity contribution >= 4 is 32.6 Å². The molecule has 2 N–H and O–H groups in total. The van der Waals surface area contributed by atoms with Crippen LogP contribution < -0.4 is 5.43 Å². The number of benzene rings is 2. The number of aryl methyl sites for hydroxylation is 1. The minimum atomic E-state index is -4.34. The molecule has 0 aliphatic carbocycles. The molecule has 2 rings (SSSR count). The maximum atomic E-state index is 11.4. The van der Waals surface area contributed by atoms with Crippen LogP contribution in [0, 0.1) is 6.92 Å². The summed E-state index contributed by atoms with van der Waals surface area (Å²) in [6.45, 7) is 1.72. The summed E-state index contributed by atoms with van der Waals surface area (Å²) in [4.78, 5) is -0.247. The van der Waals surface area contributed by atoms with Gasteiger partial charge in [-0.05, 0) is 24.6 Å². The average molecular weight is 325 g/mol. The van der Waals surface area contributed by atoms with Gasteiger partial charge in [-0.2, -0.15) is 13.5 Å². The van der Waals surface area contributed by atoms with Crippen molar-refractivity contribution in [2.75, 3.05) is 5.43 Å². The molecule has 0 aliphatic rings. The lowest BCUT2D eigenvalue weighted by Gasteiger charge is -2.08. The molecule has 0 unspecified atom stereocenters. The highest BCUT2D eigenvalue weighted by molar-refractivity contribution is 7.86. The van der Waals surface area contributed by atoms with Gasteiger partial charge in [0, 0.05) is 5.56 Å². The third-order valence-corrected chi connectivity index (χ3v) is 3.90. The minimum absolute atomic E-state index is 0.150. The van der Waals surface area contributed by atoms with Crippen LogP contribution in [0.2, 0.25) is 0 Å². The number of hydrazone groups is 1. The van der Waals surface area contributed by atoms with E-state index in [4.69, 9.17) is 11.6 Å². The molecule has 5 nitrogen and oxygen atoms in total. The van der Waals surface area contributed by atoms with Crippen LogP contribution in [0.5, 0.6) is 0 Å². The zero-order chi connectivity index (χ0) is 15.5. The summed E-state index contributed by atoms with van der Waals surface area (Å²) in [5, 5.41) is 4.10. The minimum Gasteiger partial charge on any atom is -0.282 e. The van der Waals surface area contributed by atoms with Gasteiger partial charge in [0.05, 0.1) is 5.69 Å². The number of nitrogens with one attached hydrogen (secondary N) is 1. The van der Waals surface area contributed by atoms with E-state index in [-0.39, 0.29) is 15.8 Å². The molecule has 0 radical (unpaired) electrons. The van der Waals surface area contributed by atoms with Gasteiger partial charge < -0.3 is 0 Å². The van der Waals surface area contributed by atoms with Gasteiger partial charge in [0.25, 0.3) is 10.1 Å². The monoisotopic (exact) mass is 324 g/mol. The molecule has 0 aliphatic heterocycles. The molecule has 0 heterocycles. The van der Waals surface area contributed by atoms with Crippen molar-refractivity contribution in [1.82, 2.24) is 0 Å². The summed E-state index contributed by atoms with van der Waals surface area (Å²) < 4.78 is 31.9. The molecule has 0 saturated heterocycles. The summed E-state index contributed by atoms with van der Waals surface area (Å²) in [6, 6.07) is 13.6. The summed E-state index contributed by atoms with van der Waals surface area (Å²) in [7, 11) is -4.34. The molecule has 2 aromatic rings. The van der Waals surface area contributed by atoms with E-state index in [1.807, 2.05) is 18.2 Å². The largest absolute Gasteiger partial charge is 0.296 e. The number of hydrogen-bond acceptors (Lipinski definition) is 4. The zero-order valence-corrected chi connectivity index (χ0v) is 12.7. The molecule has 0 fully saturated rings. The molecule has 21 heavy (non-hydrogen) atoms. The Hall–Kier alpha value is -1.89. The number of anilines is 1. The van der Waals surface area contributed by atoms with Gasteiger partial charge in [-0.3, -0.25) is 9.98 Å². The Morgan fingerprint density at radius 1 is 1.19 bits per heavy atom. The first-order valence-corrected chi connectivity index (χ1v) is 7.82. The van der Waals surface area contributed by atoms with Crippen molar-refractivity contribution in [1.29, 1.82) is 0 Å². The lowest BCUT2D eigenvalue weighted by atomic mass is 10.2. The van der Waals surface area contributed by atoms with E-state index < -0.39 is 10.1 Å². The van der Waals surface area contributed by atoms with Crippen LogP contribution >= 0.6 is 11.6 Å². The highest BCUT2D eigenvalue weighted by Gasteiger charge is 2.15. The fraction of sp³-hybridized carbons (Fsp3) is 0.0714. The van der Waals surface area contributed by atoms with Crippen molar-refractivity contribution in [3.8, 4) is 0 Å². The standard InChI is InChI=1S/C14H13ClN2O3S/c1-10-7-8-12(13(9-10)21(18,19)20)16-17-14(15)11-5-3-2-4-6-11/h2-9,16H,1H3,(H,18,19,20). The maximum absolute atomic E-state index is 11.4. The quantitative estimate of drug-likeness (QED) is 0.514. The van der Waals surface area contributed by atoms with E-state index in [0.717, 1.165) is 0 Å². The van der Waals surface area contributed by atoms with Gasteiger partial charge in [0.15, 0.2) is 5.17 Å². The lowest BCUT2D eigenvalue weighted by molar-refractivity contribution is 0.483. The fourth-order valence-corrected chi connectivity index (χ4v) is 2.58. The van der Waals surface area contributed by atoms with Crippen LogP contribution in [0.25, 0.3) is 0 Å². The molecule has 0 aromatic heterocycles. The van der Waals surface area contributed by atoms with Gasteiger partial charge in [-0.15, -0.1) is 0 Å². The predicted molar refractivity (Wildman–Crippen MR) is 83.4 cm³/mol. The third kappa shape index (κ3) is 4.04. The molecule has 0 spiro atoms. The maximum Gasteiger partial charge on any atom is 0.296 e. The van der Waals surface area contributed by atoms with E-state index in [2.05, 4.69) is 10.5 Å². The Morgan fingerprint density at radius 3 is 2.48 bits per heavy atom. The van der Waals surface area contributed by atoms with Crippen molar-refractivity contribution in [2.24, 2.45) is 5.10 Å². The van der Waals surface area contributed by atoms with Crippen molar-refractivity contribution in [3.63, 3.8) is 0 Å². The van der Waals surface area contributed by atoms with Crippen molar-refractivity contribution < 1.29 is 13.0 Å². The van der Waals surface area contributed by atoms with E-state index in [0.29, 0.717) is 11.1 Å². The van der Waals surface area contributed by atoms with Crippen LogP contribution in [0.3, 0.4) is 0 Å². The van der Waals surface area contributed by atoms with E-state index >= 15 is 0 Å². The summed E-state index contributed by atoms with van der Waals surface area (Å²) >= 11 is 6.03. The lowest BCUT2D eigenvalue weighted by Crippen LogP contribution is -2.05. The number of hydrogen-bond donors (Lipinski definition) is 2. The first-order chi connectivity index (χ1) is 9.88. The topological polar surface area (TPSA) is 78.8 Å². The SMILES string of the molecule is Cc1ccc(NN=C(Cl)c2ccccc2)c(S(=O)(=O)O)c1. The van der Waals surface area contributed by atoms with Gasteiger partial charge in [-0.25, -0.2) is 0 Å². The highest BCUT2D eigenvalue weighted by atomic mass is 35.5. The van der Waals surface area contributed by atoms with Crippen molar-refractivity contribution in [2.45, 2.75) is 11.8 Å². The summed E-state index contributed by atoms with van der Waals surface area (Å²) in [5.74, 6) is 0. The molecule has 0 amide bonds. The average Bonchev–Trinajstić information content (AvgIpc) is 2.45. The molecule has 110 valence electrons. The number of halogens is 1. The normalized spacial score (nSPS) is 12.2. The second-order valence-electron chi connectivity index (χ2n) is 4.36. The highest BCUT2D eigenvalue weighted by Crippen LogP contribution is 2.22. The molecule has 0 bridgehead atoms. The smallest absolute Gasteiger partial charge is 0.282 e. The van der Waals surface area contributed by atoms with Crippen LogP contribution in [-0.4, -0.2) is 18.1 Å². The third-order valence-electron chi connectivity index (χ3n) is 2.70. The first-order valence-electron chi connectivity index (χ1n) is 6.00. The molecule has 7 heteroatoms. The molecular weight excluding hydrogens is 312 g/mol. The summed E-state index contributed by atoms with van der Waals surface area (Å²) in [5.41, 5.74) is 4.10. The van der Waals surface area contributed by atoms with E-state index in [1.54, 1.807) is 25.1 Å². The number of rotatable bonds is 4. The molecular formula is C14H13ClN2O3S. The second kappa shape index (κ2) is 6.26. The van der Waals surface area contributed by atoms with Gasteiger partial charge >= 0.3 is 0 Å². The number of nitrogens with zero attached hydrogens (tertiary/aromatic N) is 1. The molecule has 0 saturated carbocycles. The zero-order valence-electron chi connectivity index (χ0n) is 11.1. The first kappa shape index (κ1) is 15.5. The second-order valence-corrected chi connectivity index (χ2v) is 6.10. The predicted octanol–water partition coefficient (Wildman–Crippen LogP) is 3.25. The molecule has 0 atom stereocenters. The Labute approximate surface area is 128 Å². The van der Waals surface area contributed by atoms with Crippen LogP contribution in [-0.2, 0) is 10.1 Å². The Morgan fingerprint density at radius 2 is 1.86 bits per heavy atom. The van der Waals surface area contributed by atoms with Crippen LogP contribution in [0.4, 0.5) is 5.69 Å². The molecule has 2 aromatic carbocycles. The van der Waals surface area contributed by atoms with E-state index in [1.165, 1.54) is 12.1 Å². The van der Waals surface area contributed by atoms with Gasteiger partial charge in [0.1, 0.15) is 4.90 Å². The Balaban J connectivity index is 2.33. The van der Waals surface area contributed by atoms with Crippen LogP contribution in [0.1, 0.15) is 11.1 Å². The van der Waals surface area contributed by atoms with Crippen molar-refractivity contribution in [3.05, 3.63) is 59.7 Å². The fourth-order valence-electron chi connectivity index (χ4n) is 1.68. The van der Waals surface area contributed by atoms with E-state index in [9.17, 15) is 13.0 Å². The summed E-state index contributed by atoms with van der Waals surface area (Å²) in [6.07, 6.45) is 0. The Bertz CT molecular complexity index is 774. The van der Waals surface area contributed by atoms with Gasteiger partial charge in [-0.1, -0.05) is 48.0 Å². The van der Waals surface area contributed by atoms with Crippen LogP contribution in [0.15, 0.2) is 58.5 Å².